The Labute approximate surface area is 118 Å². The molecule has 4 nitrogen and oxygen atoms in total. The lowest BCUT2D eigenvalue weighted by Crippen LogP contribution is -2.57. The van der Waals surface area contributed by atoms with E-state index in [2.05, 4.69) is 36.3 Å². The minimum Gasteiger partial charge on any atom is -0.377 e. The molecule has 0 unspecified atom stereocenters. The fourth-order valence-corrected chi connectivity index (χ4v) is 3.25. The first-order valence-electron chi connectivity index (χ1n) is 7.81. The highest BCUT2D eigenvalue weighted by molar-refractivity contribution is 4.97. The normalized spacial score (nSPS) is 23.8. The van der Waals surface area contributed by atoms with Gasteiger partial charge in [0, 0.05) is 18.6 Å². The summed E-state index contributed by atoms with van der Waals surface area (Å²) in [5.74, 6) is 0. The van der Waals surface area contributed by atoms with Gasteiger partial charge < -0.3 is 19.9 Å². The van der Waals surface area contributed by atoms with Crippen molar-refractivity contribution in [3.63, 3.8) is 0 Å². The smallest absolute Gasteiger partial charge is 0.0600 e. The van der Waals surface area contributed by atoms with E-state index in [4.69, 9.17) is 4.74 Å². The molecule has 4 heteroatoms. The van der Waals surface area contributed by atoms with Crippen molar-refractivity contribution in [3.05, 3.63) is 0 Å². The first-order chi connectivity index (χ1) is 9.12. The fourth-order valence-electron chi connectivity index (χ4n) is 3.25. The Morgan fingerprint density at radius 1 is 1.16 bits per heavy atom. The van der Waals surface area contributed by atoms with Gasteiger partial charge in [-0.1, -0.05) is 0 Å². The Morgan fingerprint density at radius 3 is 2.37 bits per heavy atom. The van der Waals surface area contributed by atoms with Gasteiger partial charge in [0.15, 0.2) is 0 Å². The maximum absolute atomic E-state index is 5.98. The molecule has 2 fully saturated rings. The van der Waals surface area contributed by atoms with Gasteiger partial charge in [0.05, 0.1) is 12.7 Å². The van der Waals surface area contributed by atoms with Gasteiger partial charge in [0.25, 0.3) is 0 Å². The molecule has 0 atom stereocenters. The van der Waals surface area contributed by atoms with Gasteiger partial charge in [-0.3, -0.25) is 0 Å². The molecule has 1 aliphatic heterocycles. The second-order valence-electron chi connectivity index (χ2n) is 6.53. The van der Waals surface area contributed by atoms with Gasteiger partial charge in [-0.05, 0) is 66.3 Å². The van der Waals surface area contributed by atoms with Gasteiger partial charge in [-0.25, -0.2) is 0 Å². The van der Waals surface area contributed by atoms with Crippen LogP contribution in [0.3, 0.4) is 0 Å². The number of piperidine rings is 1. The molecule has 0 aromatic carbocycles. The number of likely N-dealkylation sites (N-methyl/N-ethyl adjacent to an activating group) is 2. The van der Waals surface area contributed by atoms with E-state index >= 15 is 0 Å². The second-order valence-corrected chi connectivity index (χ2v) is 6.53. The van der Waals surface area contributed by atoms with Crippen LogP contribution in [0, 0.1) is 0 Å². The van der Waals surface area contributed by atoms with Crippen molar-refractivity contribution >= 4 is 0 Å². The van der Waals surface area contributed by atoms with Gasteiger partial charge in [0.2, 0.25) is 0 Å². The summed E-state index contributed by atoms with van der Waals surface area (Å²) in [5, 5.41) is 3.38. The van der Waals surface area contributed by atoms with Crippen LogP contribution in [0.1, 0.15) is 32.1 Å². The first kappa shape index (κ1) is 15.2. The van der Waals surface area contributed by atoms with E-state index < -0.39 is 0 Å². The van der Waals surface area contributed by atoms with E-state index in [-0.39, 0.29) is 0 Å². The summed E-state index contributed by atoms with van der Waals surface area (Å²) < 4.78 is 5.98. The lowest BCUT2D eigenvalue weighted by atomic mass is 9.75. The fraction of sp³-hybridized carbons (Fsp3) is 1.00. The predicted octanol–water partition coefficient (Wildman–Crippen LogP) is 1.17. The highest BCUT2D eigenvalue weighted by Gasteiger charge is 2.39. The maximum Gasteiger partial charge on any atom is 0.0600 e. The van der Waals surface area contributed by atoms with Crippen LogP contribution in [0.25, 0.3) is 0 Å². The van der Waals surface area contributed by atoms with Gasteiger partial charge in [-0.2, -0.15) is 0 Å². The topological polar surface area (TPSA) is 27.7 Å². The van der Waals surface area contributed by atoms with E-state index in [1.54, 1.807) is 0 Å². The molecular weight excluding hydrogens is 238 g/mol. The molecule has 0 spiro atoms. The summed E-state index contributed by atoms with van der Waals surface area (Å²) in [6.45, 7) is 5.34. The summed E-state index contributed by atoms with van der Waals surface area (Å²) >= 11 is 0. The summed E-state index contributed by atoms with van der Waals surface area (Å²) in [6.07, 6.45) is 6.91. The Morgan fingerprint density at radius 2 is 1.84 bits per heavy atom. The van der Waals surface area contributed by atoms with E-state index in [0.717, 1.165) is 26.2 Å². The Balaban J connectivity index is 1.62. The zero-order valence-corrected chi connectivity index (χ0v) is 13.0. The standard InChI is InChI=1S/C15H31N3O/c1-17(2)15(7-4-8-15)13-18(3)11-12-19-14-5-9-16-10-6-14/h14,16H,4-13H2,1-3H3. The summed E-state index contributed by atoms with van der Waals surface area (Å²) in [4.78, 5) is 4.86. The van der Waals surface area contributed by atoms with Crippen molar-refractivity contribution in [2.24, 2.45) is 0 Å². The third kappa shape index (κ3) is 4.15. The quantitative estimate of drug-likeness (QED) is 0.751. The van der Waals surface area contributed by atoms with Crippen LogP contribution in [-0.4, -0.2) is 75.4 Å². The predicted molar refractivity (Wildman–Crippen MR) is 79.6 cm³/mol. The molecule has 0 aromatic rings. The Kier molecular flexibility index (Phi) is 5.63. The number of hydrogen-bond acceptors (Lipinski definition) is 4. The van der Waals surface area contributed by atoms with Crippen LogP contribution < -0.4 is 5.32 Å². The monoisotopic (exact) mass is 269 g/mol. The zero-order valence-electron chi connectivity index (χ0n) is 13.0. The van der Waals surface area contributed by atoms with Crippen molar-refractivity contribution < 1.29 is 4.74 Å². The minimum atomic E-state index is 0.434. The highest BCUT2D eigenvalue weighted by Crippen LogP contribution is 2.36. The molecule has 0 radical (unpaired) electrons. The van der Waals surface area contributed by atoms with Crippen LogP contribution in [0.5, 0.6) is 0 Å². The van der Waals surface area contributed by atoms with Crippen LogP contribution in [0.2, 0.25) is 0 Å². The van der Waals surface area contributed by atoms with Crippen molar-refractivity contribution in [1.29, 1.82) is 0 Å². The number of nitrogens with one attached hydrogen (secondary N) is 1. The molecule has 112 valence electrons. The molecule has 0 aromatic heterocycles. The van der Waals surface area contributed by atoms with Crippen LogP contribution in [0.15, 0.2) is 0 Å². The van der Waals surface area contributed by atoms with Crippen LogP contribution in [-0.2, 0) is 4.74 Å². The molecule has 1 aliphatic carbocycles. The van der Waals surface area contributed by atoms with Crippen molar-refractivity contribution in [2.75, 3.05) is 53.9 Å². The highest BCUT2D eigenvalue weighted by atomic mass is 16.5. The SMILES string of the molecule is CN(CCOC1CCNCC1)CC1(N(C)C)CCC1. The van der Waals surface area contributed by atoms with Gasteiger partial charge in [0.1, 0.15) is 0 Å². The minimum absolute atomic E-state index is 0.434. The van der Waals surface area contributed by atoms with E-state index in [1.807, 2.05) is 0 Å². The molecule has 2 aliphatic rings. The third-order valence-corrected chi connectivity index (χ3v) is 4.91. The average molecular weight is 269 g/mol. The molecule has 1 N–H and O–H groups in total. The largest absolute Gasteiger partial charge is 0.377 e. The number of hydrogen-bond donors (Lipinski definition) is 1. The molecule has 0 amide bonds. The van der Waals surface area contributed by atoms with Gasteiger partial charge in [-0.15, -0.1) is 0 Å². The molecule has 1 saturated carbocycles. The van der Waals surface area contributed by atoms with Crippen LogP contribution in [0.4, 0.5) is 0 Å². The first-order valence-corrected chi connectivity index (χ1v) is 7.81. The lowest BCUT2D eigenvalue weighted by Gasteiger charge is -2.49. The summed E-state index contributed by atoms with van der Waals surface area (Å²) in [6, 6.07) is 0. The lowest BCUT2D eigenvalue weighted by molar-refractivity contribution is -0.00163. The van der Waals surface area contributed by atoms with Crippen LogP contribution >= 0.6 is 0 Å². The number of ether oxygens (including phenoxy) is 1. The third-order valence-electron chi connectivity index (χ3n) is 4.91. The second kappa shape index (κ2) is 7.02. The maximum atomic E-state index is 5.98. The number of nitrogens with zero attached hydrogens (tertiary/aromatic N) is 2. The summed E-state index contributed by atoms with van der Waals surface area (Å²) in [5.41, 5.74) is 0.434. The Hall–Kier alpha value is -0.160. The van der Waals surface area contributed by atoms with Crippen molar-refractivity contribution in [1.82, 2.24) is 15.1 Å². The van der Waals surface area contributed by atoms with E-state index in [1.165, 1.54) is 38.6 Å². The molecule has 19 heavy (non-hydrogen) atoms. The van der Waals surface area contributed by atoms with E-state index in [0.29, 0.717) is 11.6 Å². The Bertz CT molecular complexity index is 260. The van der Waals surface area contributed by atoms with Gasteiger partial charge >= 0.3 is 0 Å². The molecule has 1 heterocycles. The summed E-state index contributed by atoms with van der Waals surface area (Å²) in [7, 11) is 6.67. The van der Waals surface area contributed by atoms with Crippen molar-refractivity contribution in [3.8, 4) is 0 Å². The van der Waals surface area contributed by atoms with E-state index in [9.17, 15) is 0 Å². The van der Waals surface area contributed by atoms with Crippen molar-refractivity contribution in [2.45, 2.75) is 43.7 Å². The number of rotatable bonds is 7. The molecule has 2 rings (SSSR count). The zero-order chi connectivity index (χ0) is 13.7. The molecule has 0 bridgehead atoms. The molecular formula is C15H31N3O. The average Bonchev–Trinajstić information content (AvgIpc) is 2.34. The molecule has 1 saturated heterocycles.